The van der Waals surface area contributed by atoms with Gasteiger partial charge in [-0.15, -0.1) is 0 Å². The van der Waals surface area contributed by atoms with Crippen molar-refractivity contribution in [2.45, 2.75) is 25.3 Å². The third kappa shape index (κ3) is 1.97. The molecule has 2 nitrogen and oxygen atoms in total. The second kappa shape index (κ2) is 4.11. The quantitative estimate of drug-likeness (QED) is 0.702. The van der Waals surface area contributed by atoms with Gasteiger partial charge in [0.25, 0.3) is 0 Å². The topological polar surface area (TPSA) is 38.0 Å². The van der Waals surface area contributed by atoms with Crippen LogP contribution in [0, 0.1) is 6.92 Å². The number of nitrogens with one attached hydrogen (secondary N) is 1. The van der Waals surface area contributed by atoms with Crippen LogP contribution in [0.3, 0.4) is 0 Å². The van der Waals surface area contributed by atoms with E-state index in [1.165, 1.54) is 11.1 Å². The summed E-state index contributed by atoms with van der Waals surface area (Å²) in [5.74, 6) is 0.490. The van der Waals surface area contributed by atoms with Gasteiger partial charge in [0.05, 0.1) is 0 Å². The molecule has 0 saturated carbocycles. The van der Waals surface area contributed by atoms with Crippen LogP contribution < -0.4 is 11.1 Å². The van der Waals surface area contributed by atoms with Crippen LogP contribution in [0.25, 0.3) is 0 Å². The van der Waals surface area contributed by atoms with Crippen molar-refractivity contribution in [2.24, 2.45) is 5.73 Å². The standard InChI is InChI=1S/C12H18N2/c1-9-2-4-10(5-3-9)11-8-14-7-6-12(11)13/h2-5,11-12,14H,6-8,13H2,1H3. The molecule has 1 aromatic rings. The highest BCUT2D eigenvalue weighted by atomic mass is 14.9. The molecule has 2 heteroatoms. The van der Waals surface area contributed by atoms with E-state index in [9.17, 15) is 0 Å². The van der Waals surface area contributed by atoms with Crippen LogP contribution in [0.2, 0.25) is 0 Å². The molecule has 0 bridgehead atoms. The molecular formula is C12H18N2. The zero-order chi connectivity index (χ0) is 9.97. The maximum absolute atomic E-state index is 6.11. The first kappa shape index (κ1) is 9.69. The molecule has 0 aliphatic carbocycles. The Morgan fingerprint density at radius 2 is 2.00 bits per heavy atom. The van der Waals surface area contributed by atoms with Crippen molar-refractivity contribution in [3.8, 4) is 0 Å². The molecule has 76 valence electrons. The van der Waals surface area contributed by atoms with Crippen molar-refractivity contribution >= 4 is 0 Å². The molecule has 1 aromatic carbocycles. The molecule has 0 radical (unpaired) electrons. The van der Waals surface area contributed by atoms with Crippen LogP contribution >= 0.6 is 0 Å². The lowest BCUT2D eigenvalue weighted by Gasteiger charge is -2.29. The van der Waals surface area contributed by atoms with Crippen molar-refractivity contribution < 1.29 is 0 Å². The lowest BCUT2D eigenvalue weighted by molar-refractivity contribution is 0.403. The minimum Gasteiger partial charge on any atom is -0.327 e. The summed E-state index contributed by atoms with van der Waals surface area (Å²) in [7, 11) is 0. The van der Waals surface area contributed by atoms with Gasteiger partial charge in [-0.2, -0.15) is 0 Å². The Kier molecular flexibility index (Phi) is 2.85. The molecule has 2 unspecified atom stereocenters. The number of nitrogens with two attached hydrogens (primary N) is 1. The molecule has 2 atom stereocenters. The lowest BCUT2D eigenvalue weighted by Crippen LogP contribution is -2.43. The first-order chi connectivity index (χ1) is 6.77. The summed E-state index contributed by atoms with van der Waals surface area (Å²) in [5.41, 5.74) is 8.79. The third-order valence-electron chi connectivity index (χ3n) is 3.04. The van der Waals surface area contributed by atoms with Gasteiger partial charge in [-0.1, -0.05) is 29.8 Å². The molecule has 1 saturated heterocycles. The van der Waals surface area contributed by atoms with E-state index in [2.05, 4.69) is 36.5 Å². The molecule has 0 aromatic heterocycles. The Balaban J connectivity index is 2.16. The maximum atomic E-state index is 6.11. The highest BCUT2D eigenvalue weighted by molar-refractivity contribution is 5.26. The van der Waals surface area contributed by atoms with E-state index >= 15 is 0 Å². The summed E-state index contributed by atoms with van der Waals surface area (Å²) in [6, 6.07) is 9.05. The van der Waals surface area contributed by atoms with E-state index in [1.807, 2.05) is 0 Å². The van der Waals surface area contributed by atoms with Gasteiger partial charge in [-0.3, -0.25) is 0 Å². The Morgan fingerprint density at radius 1 is 1.29 bits per heavy atom. The third-order valence-corrected chi connectivity index (χ3v) is 3.04. The molecule has 14 heavy (non-hydrogen) atoms. The van der Waals surface area contributed by atoms with Crippen LogP contribution in [0.15, 0.2) is 24.3 Å². The summed E-state index contributed by atoms with van der Waals surface area (Å²) in [5, 5.41) is 3.40. The highest BCUT2D eigenvalue weighted by Gasteiger charge is 2.22. The van der Waals surface area contributed by atoms with Gasteiger partial charge in [0, 0.05) is 18.5 Å². The first-order valence-electron chi connectivity index (χ1n) is 5.30. The summed E-state index contributed by atoms with van der Waals surface area (Å²) in [6.45, 7) is 4.19. The Labute approximate surface area is 85.5 Å². The van der Waals surface area contributed by atoms with E-state index in [-0.39, 0.29) is 0 Å². The average molecular weight is 190 g/mol. The van der Waals surface area contributed by atoms with Gasteiger partial charge in [0.15, 0.2) is 0 Å². The monoisotopic (exact) mass is 190 g/mol. The molecule has 1 heterocycles. The molecule has 0 amide bonds. The van der Waals surface area contributed by atoms with Crippen LogP contribution in [-0.4, -0.2) is 19.1 Å². The number of aryl methyl sites for hydroxylation is 1. The van der Waals surface area contributed by atoms with Crippen molar-refractivity contribution in [1.82, 2.24) is 5.32 Å². The molecule has 1 fully saturated rings. The summed E-state index contributed by atoms with van der Waals surface area (Å²) in [4.78, 5) is 0. The van der Waals surface area contributed by atoms with Crippen LogP contribution in [0.5, 0.6) is 0 Å². The van der Waals surface area contributed by atoms with Crippen LogP contribution in [0.1, 0.15) is 23.5 Å². The van der Waals surface area contributed by atoms with E-state index < -0.39 is 0 Å². The Bertz CT molecular complexity index is 292. The smallest absolute Gasteiger partial charge is 0.0132 e. The van der Waals surface area contributed by atoms with E-state index in [1.54, 1.807) is 0 Å². The number of hydrogen-bond donors (Lipinski definition) is 2. The molecular weight excluding hydrogens is 172 g/mol. The predicted octanol–water partition coefficient (Wildman–Crippen LogP) is 1.40. The maximum Gasteiger partial charge on any atom is 0.0132 e. The summed E-state index contributed by atoms with van der Waals surface area (Å²) >= 11 is 0. The van der Waals surface area contributed by atoms with Crippen molar-refractivity contribution in [3.05, 3.63) is 35.4 Å². The highest BCUT2D eigenvalue weighted by Crippen LogP contribution is 2.22. The second-order valence-electron chi connectivity index (χ2n) is 4.17. The number of hydrogen-bond acceptors (Lipinski definition) is 2. The number of rotatable bonds is 1. The van der Waals surface area contributed by atoms with Gasteiger partial charge < -0.3 is 11.1 Å². The predicted molar refractivity (Wildman–Crippen MR) is 59.4 cm³/mol. The zero-order valence-corrected chi connectivity index (χ0v) is 8.66. The SMILES string of the molecule is Cc1ccc(C2CNCCC2N)cc1. The van der Waals surface area contributed by atoms with E-state index in [4.69, 9.17) is 5.73 Å². The minimum absolute atomic E-state index is 0.318. The Hall–Kier alpha value is -0.860. The van der Waals surface area contributed by atoms with E-state index in [0.717, 1.165) is 19.5 Å². The van der Waals surface area contributed by atoms with Crippen molar-refractivity contribution in [1.29, 1.82) is 0 Å². The van der Waals surface area contributed by atoms with E-state index in [0.29, 0.717) is 12.0 Å². The van der Waals surface area contributed by atoms with Crippen molar-refractivity contribution in [2.75, 3.05) is 13.1 Å². The lowest BCUT2D eigenvalue weighted by atomic mass is 9.87. The van der Waals surface area contributed by atoms with Crippen molar-refractivity contribution in [3.63, 3.8) is 0 Å². The largest absolute Gasteiger partial charge is 0.327 e. The number of piperidine rings is 1. The molecule has 2 rings (SSSR count). The first-order valence-corrected chi connectivity index (χ1v) is 5.30. The average Bonchev–Trinajstić information content (AvgIpc) is 2.20. The normalized spacial score (nSPS) is 27.6. The second-order valence-corrected chi connectivity index (χ2v) is 4.17. The fourth-order valence-electron chi connectivity index (χ4n) is 2.06. The van der Waals surface area contributed by atoms with Gasteiger partial charge in [0.1, 0.15) is 0 Å². The molecule has 1 aliphatic rings. The van der Waals surface area contributed by atoms with Gasteiger partial charge >= 0.3 is 0 Å². The zero-order valence-electron chi connectivity index (χ0n) is 8.66. The van der Waals surface area contributed by atoms with Gasteiger partial charge in [-0.05, 0) is 25.5 Å². The number of benzene rings is 1. The fraction of sp³-hybridized carbons (Fsp3) is 0.500. The molecule has 0 spiro atoms. The van der Waals surface area contributed by atoms with Gasteiger partial charge in [0.2, 0.25) is 0 Å². The van der Waals surface area contributed by atoms with Crippen LogP contribution in [0.4, 0.5) is 0 Å². The summed E-state index contributed by atoms with van der Waals surface area (Å²) < 4.78 is 0. The minimum atomic E-state index is 0.318. The summed E-state index contributed by atoms with van der Waals surface area (Å²) in [6.07, 6.45) is 1.08. The molecule has 1 aliphatic heterocycles. The fourth-order valence-corrected chi connectivity index (χ4v) is 2.06. The Morgan fingerprint density at radius 3 is 2.64 bits per heavy atom. The molecule has 3 N–H and O–H groups in total. The van der Waals surface area contributed by atoms with Gasteiger partial charge in [-0.25, -0.2) is 0 Å². The van der Waals surface area contributed by atoms with Crippen LogP contribution in [-0.2, 0) is 0 Å².